The van der Waals surface area contributed by atoms with E-state index < -0.39 is 17.5 Å². The van der Waals surface area contributed by atoms with Gasteiger partial charge in [0.2, 0.25) is 0 Å². The van der Waals surface area contributed by atoms with Crippen molar-refractivity contribution in [2.75, 3.05) is 0 Å². The van der Waals surface area contributed by atoms with Crippen LogP contribution in [-0.4, -0.2) is 11.4 Å². The van der Waals surface area contributed by atoms with Gasteiger partial charge in [-0.05, 0) is 38.1 Å². The monoisotopic (exact) mass is 356 g/mol. The SMILES string of the molecule is CC1(C)N=C(c2c(Cl)ccc[n+]2[O-])c2cc(C(F)(F)F)ccc2O1. The minimum Gasteiger partial charge on any atom is -0.618 e. The molecule has 1 aromatic heterocycles. The minimum atomic E-state index is -4.53. The molecule has 0 N–H and O–H groups in total. The Hall–Kier alpha value is -2.28. The number of nitrogens with zero attached hydrogens (tertiary/aromatic N) is 2. The van der Waals surface area contributed by atoms with Gasteiger partial charge in [-0.25, -0.2) is 4.99 Å². The molecule has 4 nitrogen and oxygen atoms in total. The molecule has 3 rings (SSSR count). The quantitative estimate of drug-likeness (QED) is 0.573. The van der Waals surface area contributed by atoms with Gasteiger partial charge in [0.05, 0.1) is 5.56 Å². The summed E-state index contributed by atoms with van der Waals surface area (Å²) in [6, 6.07) is 5.98. The van der Waals surface area contributed by atoms with E-state index >= 15 is 0 Å². The van der Waals surface area contributed by atoms with E-state index in [0.717, 1.165) is 12.1 Å². The Labute approximate surface area is 140 Å². The normalized spacial score (nSPS) is 16.2. The number of ether oxygens (including phenoxy) is 1. The van der Waals surface area contributed by atoms with Crippen LogP contribution < -0.4 is 9.47 Å². The molecule has 0 bridgehead atoms. The summed E-state index contributed by atoms with van der Waals surface area (Å²) in [5.74, 6) is 0.206. The molecule has 0 unspecified atom stereocenters. The number of hydrogen-bond donors (Lipinski definition) is 0. The van der Waals surface area contributed by atoms with Crippen LogP contribution in [-0.2, 0) is 6.18 Å². The number of aromatic nitrogens is 1. The first kappa shape index (κ1) is 16.6. The molecule has 1 aromatic carbocycles. The highest BCUT2D eigenvalue weighted by Crippen LogP contribution is 2.37. The molecule has 1 aliphatic heterocycles. The third-order valence-corrected chi connectivity index (χ3v) is 3.74. The lowest BCUT2D eigenvalue weighted by Crippen LogP contribution is -2.39. The summed E-state index contributed by atoms with van der Waals surface area (Å²) < 4.78 is 45.2. The van der Waals surface area contributed by atoms with Crippen molar-refractivity contribution in [1.82, 2.24) is 0 Å². The van der Waals surface area contributed by atoms with Crippen molar-refractivity contribution in [3.63, 3.8) is 0 Å². The van der Waals surface area contributed by atoms with E-state index in [1.165, 1.54) is 24.4 Å². The number of fused-ring (bicyclic) bond motifs is 1. The van der Waals surface area contributed by atoms with Crippen molar-refractivity contribution in [3.05, 3.63) is 63.6 Å². The first-order valence-electron chi connectivity index (χ1n) is 6.97. The number of aliphatic imine (C=N–C) groups is 1. The van der Waals surface area contributed by atoms with Crippen LogP contribution in [0, 0.1) is 5.21 Å². The van der Waals surface area contributed by atoms with Crippen LogP contribution in [0.1, 0.15) is 30.7 Å². The van der Waals surface area contributed by atoms with Gasteiger partial charge in [0.15, 0.2) is 11.9 Å². The molecular weight excluding hydrogens is 345 g/mol. The van der Waals surface area contributed by atoms with Crippen molar-refractivity contribution >= 4 is 17.3 Å². The predicted molar refractivity (Wildman–Crippen MR) is 82.2 cm³/mol. The Morgan fingerprint density at radius 1 is 1.25 bits per heavy atom. The predicted octanol–water partition coefficient (Wildman–Crippen LogP) is 3.96. The number of halogens is 4. The third kappa shape index (κ3) is 2.91. The van der Waals surface area contributed by atoms with Crippen LogP contribution in [0.15, 0.2) is 41.5 Å². The van der Waals surface area contributed by atoms with Crippen LogP contribution in [0.2, 0.25) is 5.02 Å². The van der Waals surface area contributed by atoms with Gasteiger partial charge < -0.3 is 9.94 Å². The Morgan fingerprint density at radius 3 is 2.58 bits per heavy atom. The Morgan fingerprint density at radius 2 is 1.96 bits per heavy atom. The Balaban J connectivity index is 2.28. The standard InChI is InChI=1S/C16H12ClF3N2O2/c1-15(2)21-13(14-11(17)4-3-7-22(14)23)10-8-9(16(18,19)20)5-6-12(10)24-15/h3-8H,1-2H3. The summed E-state index contributed by atoms with van der Waals surface area (Å²) in [6.45, 7) is 3.28. The minimum absolute atomic E-state index is 0.0175. The highest BCUT2D eigenvalue weighted by atomic mass is 35.5. The van der Waals surface area contributed by atoms with E-state index in [1.54, 1.807) is 13.8 Å². The summed E-state index contributed by atoms with van der Waals surface area (Å²) >= 11 is 6.09. The van der Waals surface area contributed by atoms with Crippen LogP contribution in [0.25, 0.3) is 0 Å². The molecule has 126 valence electrons. The molecule has 0 atom stereocenters. The first-order chi connectivity index (χ1) is 11.1. The Kier molecular flexibility index (Phi) is 3.71. The van der Waals surface area contributed by atoms with Crippen molar-refractivity contribution in [2.24, 2.45) is 4.99 Å². The van der Waals surface area contributed by atoms with Gasteiger partial charge in [-0.1, -0.05) is 11.6 Å². The topological polar surface area (TPSA) is 48.5 Å². The second kappa shape index (κ2) is 5.37. The van der Waals surface area contributed by atoms with E-state index in [9.17, 15) is 18.4 Å². The summed E-state index contributed by atoms with van der Waals surface area (Å²) in [7, 11) is 0. The highest BCUT2D eigenvalue weighted by molar-refractivity contribution is 6.34. The fraction of sp³-hybridized carbons (Fsp3) is 0.250. The lowest BCUT2D eigenvalue weighted by Gasteiger charge is -2.30. The lowest BCUT2D eigenvalue weighted by molar-refractivity contribution is -0.606. The molecule has 1 aliphatic rings. The average molecular weight is 357 g/mol. The van der Waals surface area contributed by atoms with Gasteiger partial charge in [0, 0.05) is 11.6 Å². The fourth-order valence-electron chi connectivity index (χ4n) is 2.46. The van der Waals surface area contributed by atoms with Gasteiger partial charge in [0.25, 0.3) is 5.69 Å². The maximum Gasteiger partial charge on any atom is 0.416 e. The third-order valence-electron chi connectivity index (χ3n) is 3.44. The molecule has 24 heavy (non-hydrogen) atoms. The highest BCUT2D eigenvalue weighted by Gasteiger charge is 2.37. The first-order valence-corrected chi connectivity index (χ1v) is 7.35. The summed E-state index contributed by atoms with van der Waals surface area (Å²) in [5.41, 5.74) is -1.79. The van der Waals surface area contributed by atoms with Crippen molar-refractivity contribution in [1.29, 1.82) is 0 Å². The zero-order valence-corrected chi connectivity index (χ0v) is 13.4. The van der Waals surface area contributed by atoms with Gasteiger partial charge in [0.1, 0.15) is 16.5 Å². The molecule has 0 saturated heterocycles. The average Bonchev–Trinajstić information content (AvgIpc) is 2.44. The van der Waals surface area contributed by atoms with Gasteiger partial charge >= 0.3 is 6.18 Å². The maximum absolute atomic E-state index is 13.0. The zero-order valence-electron chi connectivity index (χ0n) is 12.7. The fourth-order valence-corrected chi connectivity index (χ4v) is 2.71. The van der Waals surface area contributed by atoms with E-state index in [-0.39, 0.29) is 27.7 Å². The summed E-state index contributed by atoms with van der Waals surface area (Å²) in [5, 5.41) is 12.2. The number of alkyl halides is 3. The van der Waals surface area contributed by atoms with Crippen molar-refractivity contribution < 1.29 is 22.6 Å². The lowest BCUT2D eigenvalue weighted by atomic mass is 9.99. The summed E-state index contributed by atoms with van der Waals surface area (Å²) in [6.07, 6.45) is -3.32. The van der Waals surface area contributed by atoms with Crippen LogP contribution >= 0.6 is 11.6 Å². The van der Waals surface area contributed by atoms with Crippen LogP contribution in [0.5, 0.6) is 5.75 Å². The van der Waals surface area contributed by atoms with E-state index in [4.69, 9.17) is 16.3 Å². The smallest absolute Gasteiger partial charge is 0.416 e. The number of rotatable bonds is 1. The molecule has 0 amide bonds. The molecule has 0 fully saturated rings. The van der Waals surface area contributed by atoms with E-state index in [0.29, 0.717) is 4.73 Å². The molecule has 0 saturated carbocycles. The van der Waals surface area contributed by atoms with Gasteiger partial charge in [-0.2, -0.15) is 17.9 Å². The number of benzene rings is 1. The van der Waals surface area contributed by atoms with Crippen molar-refractivity contribution in [3.8, 4) is 5.75 Å². The molecule has 0 aliphatic carbocycles. The molecule has 0 spiro atoms. The van der Waals surface area contributed by atoms with E-state index in [2.05, 4.69) is 4.99 Å². The van der Waals surface area contributed by atoms with E-state index in [1.807, 2.05) is 0 Å². The summed E-state index contributed by atoms with van der Waals surface area (Å²) in [4.78, 5) is 4.29. The molecule has 0 radical (unpaired) electrons. The number of hydrogen-bond acceptors (Lipinski definition) is 3. The second-order valence-corrected chi connectivity index (χ2v) is 6.16. The zero-order chi connectivity index (χ0) is 17.7. The molecule has 8 heteroatoms. The molecular formula is C16H12ClF3N2O2. The van der Waals surface area contributed by atoms with Crippen molar-refractivity contribution in [2.45, 2.75) is 25.7 Å². The molecule has 2 aromatic rings. The number of pyridine rings is 1. The van der Waals surface area contributed by atoms with Crippen LogP contribution in [0.4, 0.5) is 13.2 Å². The molecule has 2 heterocycles. The van der Waals surface area contributed by atoms with Crippen LogP contribution in [0.3, 0.4) is 0 Å². The Bertz CT molecular complexity index is 827. The van der Waals surface area contributed by atoms with Gasteiger partial charge in [-0.15, -0.1) is 0 Å². The maximum atomic E-state index is 13.0. The second-order valence-electron chi connectivity index (χ2n) is 5.75. The van der Waals surface area contributed by atoms with Gasteiger partial charge in [-0.3, -0.25) is 0 Å². The largest absolute Gasteiger partial charge is 0.618 e.